The number of quaternary nitrogens is 1. The van der Waals surface area contributed by atoms with E-state index in [4.69, 9.17) is 0 Å². The molecule has 0 saturated carbocycles. The first-order valence-corrected chi connectivity index (χ1v) is 6.94. The predicted octanol–water partition coefficient (Wildman–Crippen LogP) is 0.554. The number of rotatable bonds is 2. The summed E-state index contributed by atoms with van der Waals surface area (Å²) in [6, 6.07) is 0.608. The smallest absolute Gasteiger partial charge is 0.285 e. The molecule has 4 nitrogen and oxygen atoms in total. The molecule has 0 aromatic carbocycles. The molecule has 18 heavy (non-hydrogen) atoms. The molecule has 102 valence electrons. The zero-order valence-electron chi connectivity index (χ0n) is 12.1. The molecule has 0 aliphatic carbocycles. The van der Waals surface area contributed by atoms with Crippen molar-refractivity contribution in [3.63, 3.8) is 0 Å². The lowest BCUT2D eigenvalue weighted by Crippen LogP contribution is -2.58. The molecule has 0 bridgehead atoms. The summed E-state index contributed by atoms with van der Waals surface area (Å²) in [6.45, 7) is 9.17. The second-order valence-electron chi connectivity index (χ2n) is 6.29. The summed E-state index contributed by atoms with van der Waals surface area (Å²) in [4.78, 5) is 17.0. The fourth-order valence-electron chi connectivity index (χ4n) is 2.84. The minimum absolute atomic E-state index is 0.0237. The van der Waals surface area contributed by atoms with Crippen LogP contribution in [0.15, 0.2) is 12.2 Å². The topological polar surface area (TPSA) is 23.6 Å². The summed E-state index contributed by atoms with van der Waals surface area (Å²) in [5.41, 5.74) is 0. The van der Waals surface area contributed by atoms with E-state index in [1.165, 1.54) is 0 Å². The molecular formula is C14H26N3O+. The van der Waals surface area contributed by atoms with Gasteiger partial charge in [-0.15, -0.1) is 0 Å². The average molecular weight is 252 g/mol. The van der Waals surface area contributed by atoms with Gasteiger partial charge in [0.25, 0.3) is 5.91 Å². The summed E-state index contributed by atoms with van der Waals surface area (Å²) >= 11 is 0. The number of amides is 1. The third kappa shape index (κ3) is 2.59. The van der Waals surface area contributed by atoms with Crippen LogP contribution in [0.25, 0.3) is 0 Å². The average Bonchev–Trinajstić information content (AvgIpc) is 2.68. The second kappa shape index (κ2) is 5.02. The van der Waals surface area contributed by atoms with Gasteiger partial charge < -0.3 is 9.38 Å². The minimum atomic E-state index is 0.0237. The van der Waals surface area contributed by atoms with Crippen molar-refractivity contribution in [3.05, 3.63) is 12.2 Å². The second-order valence-corrected chi connectivity index (χ2v) is 6.29. The third-order valence-corrected chi connectivity index (χ3v) is 4.26. The molecule has 1 amide bonds. The highest BCUT2D eigenvalue weighted by atomic mass is 16.2. The Balaban J connectivity index is 1.94. The molecule has 2 aliphatic rings. The van der Waals surface area contributed by atoms with E-state index in [1.54, 1.807) is 0 Å². The molecule has 1 saturated heterocycles. The maximum Gasteiger partial charge on any atom is 0.285 e. The van der Waals surface area contributed by atoms with Crippen LogP contribution in [0, 0.1) is 0 Å². The first kappa shape index (κ1) is 13.6. The van der Waals surface area contributed by atoms with Crippen LogP contribution in [-0.2, 0) is 4.79 Å². The molecule has 2 heterocycles. The van der Waals surface area contributed by atoms with Gasteiger partial charge in [0.15, 0.2) is 6.04 Å². The van der Waals surface area contributed by atoms with Gasteiger partial charge in [-0.2, -0.15) is 0 Å². The monoisotopic (exact) mass is 252 g/mol. The Bertz CT molecular complexity index is 341. The summed E-state index contributed by atoms with van der Waals surface area (Å²) in [5, 5.41) is 0. The summed E-state index contributed by atoms with van der Waals surface area (Å²) < 4.78 is 0.767. The number of hydrogen-bond acceptors (Lipinski definition) is 2. The Labute approximate surface area is 110 Å². The van der Waals surface area contributed by atoms with Gasteiger partial charge in [-0.1, -0.05) is 0 Å². The Hall–Kier alpha value is -0.870. The van der Waals surface area contributed by atoms with Gasteiger partial charge in [0, 0.05) is 32.2 Å². The Morgan fingerprint density at radius 3 is 2.28 bits per heavy atom. The predicted molar refractivity (Wildman–Crippen MR) is 73.2 cm³/mol. The Morgan fingerprint density at radius 2 is 1.83 bits per heavy atom. The standard InChI is InChI=1S/C14H26N3O/c1-12(2)15-7-9-16(10-8-15)14(18)13-6-5-11-17(13,3)4/h5-6,12-13H,7-11H2,1-4H3/q+1/t13-/m0/s1. The van der Waals surface area contributed by atoms with E-state index in [9.17, 15) is 4.79 Å². The highest BCUT2D eigenvalue weighted by Gasteiger charge is 2.39. The number of nitrogens with zero attached hydrogens (tertiary/aromatic N) is 3. The van der Waals surface area contributed by atoms with Gasteiger partial charge in [-0.05, 0) is 26.0 Å². The SMILES string of the molecule is CC(C)N1CCN(C(=O)[C@@H]2C=CC[N+]2(C)C)CC1. The maximum absolute atomic E-state index is 12.5. The van der Waals surface area contributed by atoms with Gasteiger partial charge in [-0.25, -0.2) is 0 Å². The van der Waals surface area contributed by atoms with Gasteiger partial charge in [0.1, 0.15) is 0 Å². The van der Waals surface area contributed by atoms with Gasteiger partial charge in [-0.3, -0.25) is 9.69 Å². The third-order valence-electron chi connectivity index (χ3n) is 4.26. The van der Waals surface area contributed by atoms with Crippen molar-refractivity contribution in [2.75, 3.05) is 46.8 Å². The largest absolute Gasteiger partial charge is 0.335 e. The zero-order valence-corrected chi connectivity index (χ0v) is 12.1. The quantitative estimate of drug-likeness (QED) is 0.529. The van der Waals surface area contributed by atoms with Crippen molar-refractivity contribution < 1.29 is 9.28 Å². The number of carbonyl (C=O) groups excluding carboxylic acids is 1. The minimum Gasteiger partial charge on any atom is -0.335 e. The van der Waals surface area contributed by atoms with E-state index in [1.807, 2.05) is 4.90 Å². The van der Waals surface area contributed by atoms with Crippen LogP contribution in [0.2, 0.25) is 0 Å². The van der Waals surface area contributed by atoms with Crippen LogP contribution in [0.3, 0.4) is 0 Å². The fraction of sp³-hybridized carbons (Fsp3) is 0.786. The van der Waals surface area contributed by atoms with Gasteiger partial charge in [0.05, 0.1) is 20.6 Å². The van der Waals surface area contributed by atoms with Crippen molar-refractivity contribution in [2.24, 2.45) is 0 Å². The lowest BCUT2D eigenvalue weighted by Gasteiger charge is -2.39. The molecule has 0 spiro atoms. The van der Waals surface area contributed by atoms with E-state index in [0.717, 1.165) is 37.2 Å². The van der Waals surface area contributed by atoms with E-state index in [-0.39, 0.29) is 6.04 Å². The molecule has 2 aliphatic heterocycles. The first-order valence-electron chi connectivity index (χ1n) is 6.94. The van der Waals surface area contributed by atoms with Gasteiger partial charge in [0.2, 0.25) is 0 Å². The van der Waals surface area contributed by atoms with Crippen molar-refractivity contribution in [2.45, 2.75) is 25.9 Å². The first-order chi connectivity index (χ1) is 8.42. The van der Waals surface area contributed by atoms with Crippen LogP contribution in [-0.4, -0.2) is 79.1 Å². The molecule has 0 N–H and O–H groups in total. The van der Waals surface area contributed by atoms with Crippen LogP contribution < -0.4 is 0 Å². The van der Waals surface area contributed by atoms with E-state index in [2.05, 4.69) is 45.0 Å². The molecule has 0 radical (unpaired) electrons. The van der Waals surface area contributed by atoms with Crippen molar-refractivity contribution in [1.29, 1.82) is 0 Å². The highest BCUT2D eigenvalue weighted by molar-refractivity contribution is 5.83. The Morgan fingerprint density at radius 1 is 1.22 bits per heavy atom. The molecule has 4 heteroatoms. The molecule has 2 rings (SSSR count). The molecule has 1 atom stereocenters. The van der Waals surface area contributed by atoms with Gasteiger partial charge >= 0.3 is 0 Å². The van der Waals surface area contributed by atoms with Crippen molar-refractivity contribution in [3.8, 4) is 0 Å². The summed E-state index contributed by atoms with van der Waals surface area (Å²) in [7, 11) is 4.26. The molecule has 0 aromatic rings. The highest BCUT2D eigenvalue weighted by Crippen LogP contribution is 2.19. The molecular weight excluding hydrogens is 226 g/mol. The summed E-state index contributed by atoms with van der Waals surface area (Å²) in [5.74, 6) is 0.303. The lowest BCUT2D eigenvalue weighted by atomic mass is 10.2. The summed E-state index contributed by atoms with van der Waals surface area (Å²) in [6.07, 6.45) is 4.21. The van der Waals surface area contributed by atoms with Crippen LogP contribution in [0.1, 0.15) is 13.8 Å². The van der Waals surface area contributed by atoms with Crippen LogP contribution >= 0.6 is 0 Å². The number of carbonyl (C=O) groups is 1. The number of likely N-dealkylation sites (N-methyl/N-ethyl adjacent to an activating group) is 1. The molecule has 1 fully saturated rings. The fourth-order valence-corrected chi connectivity index (χ4v) is 2.84. The van der Waals surface area contributed by atoms with E-state index in [0.29, 0.717) is 11.9 Å². The van der Waals surface area contributed by atoms with Crippen molar-refractivity contribution in [1.82, 2.24) is 9.80 Å². The maximum atomic E-state index is 12.5. The lowest BCUT2D eigenvalue weighted by molar-refractivity contribution is -0.889. The molecule has 0 unspecified atom stereocenters. The van der Waals surface area contributed by atoms with E-state index >= 15 is 0 Å². The van der Waals surface area contributed by atoms with Crippen LogP contribution in [0.5, 0.6) is 0 Å². The normalized spacial score (nSPS) is 28.1. The van der Waals surface area contributed by atoms with E-state index < -0.39 is 0 Å². The van der Waals surface area contributed by atoms with Crippen LogP contribution in [0.4, 0.5) is 0 Å². The Kier molecular flexibility index (Phi) is 3.78. The van der Waals surface area contributed by atoms with Crippen molar-refractivity contribution >= 4 is 5.91 Å². The zero-order chi connectivity index (χ0) is 13.3. The molecule has 0 aromatic heterocycles. The number of piperazine rings is 1. The number of hydrogen-bond donors (Lipinski definition) is 0.